The SMILES string of the molecule is CC(=O)/C=C1\CC2CCCC2(O)c2cc3ccccc3nc21. The molecule has 1 aromatic heterocycles. The quantitative estimate of drug-likeness (QED) is 0.817. The van der Waals surface area contributed by atoms with Gasteiger partial charge in [0.05, 0.1) is 16.8 Å². The van der Waals surface area contributed by atoms with Crippen molar-refractivity contribution in [2.75, 3.05) is 0 Å². The van der Waals surface area contributed by atoms with Crippen LogP contribution in [0.15, 0.2) is 36.4 Å². The van der Waals surface area contributed by atoms with E-state index in [1.165, 1.54) is 0 Å². The van der Waals surface area contributed by atoms with Gasteiger partial charge in [0.15, 0.2) is 5.78 Å². The number of fused-ring (bicyclic) bond motifs is 4. The summed E-state index contributed by atoms with van der Waals surface area (Å²) in [4.78, 5) is 16.4. The molecule has 4 rings (SSSR count). The van der Waals surface area contributed by atoms with Crippen molar-refractivity contribution in [1.29, 1.82) is 0 Å². The lowest BCUT2D eigenvalue weighted by Crippen LogP contribution is -2.35. The molecule has 1 heterocycles. The average Bonchev–Trinajstić information content (AvgIpc) is 2.87. The summed E-state index contributed by atoms with van der Waals surface area (Å²) in [6, 6.07) is 10.0. The third kappa shape index (κ3) is 1.92. The van der Waals surface area contributed by atoms with Gasteiger partial charge < -0.3 is 5.11 Å². The summed E-state index contributed by atoms with van der Waals surface area (Å²) >= 11 is 0. The van der Waals surface area contributed by atoms with Crippen molar-refractivity contribution in [3.05, 3.63) is 47.7 Å². The zero-order chi connectivity index (χ0) is 15.3. The van der Waals surface area contributed by atoms with E-state index in [0.717, 1.165) is 53.4 Å². The van der Waals surface area contributed by atoms with Gasteiger partial charge in [0.25, 0.3) is 0 Å². The van der Waals surface area contributed by atoms with Crippen molar-refractivity contribution in [2.24, 2.45) is 5.92 Å². The van der Waals surface area contributed by atoms with E-state index < -0.39 is 5.60 Å². The van der Waals surface area contributed by atoms with Gasteiger partial charge in [-0.05, 0) is 62.3 Å². The monoisotopic (exact) mass is 293 g/mol. The number of carbonyl (C=O) groups is 1. The molecule has 1 N–H and O–H groups in total. The van der Waals surface area contributed by atoms with Crippen LogP contribution in [-0.4, -0.2) is 15.9 Å². The van der Waals surface area contributed by atoms with Crippen LogP contribution in [0.25, 0.3) is 16.5 Å². The van der Waals surface area contributed by atoms with Crippen molar-refractivity contribution < 1.29 is 9.90 Å². The highest BCUT2D eigenvalue weighted by Crippen LogP contribution is 2.53. The van der Waals surface area contributed by atoms with E-state index in [9.17, 15) is 9.90 Å². The predicted molar refractivity (Wildman–Crippen MR) is 86.3 cm³/mol. The van der Waals surface area contributed by atoms with Crippen molar-refractivity contribution in [2.45, 2.75) is 38.2 Å². The summed E-state index contributed by atoms with van der Waals surface area (Å²) in [6.07, 6.45) is 5.27. The molecule has 2 aliphatic carbocycles. The predicted octanol–water partition coefficient (Wildman–Crippen LogP) is 3.60. The Labute approximate surface area is 129 Å². The molecular weight excluding hydrogens is 274 g/mol. The molecule has 0 amide bonds. The summed E-state index contributed by atoms with van der Waals surface area (Å²) in [5.74, 6) is 0.243. The highest BCUT2D eigenvalue weighted by molar-refractivity contribution is 5.96. The summed E-state index contributed by atoms with van der Waals surface area (Å²) in [5, 5.41) is 12.3. The van der Waals surface area contributed by atoms with Gasteiger partial charge in [0.1, 0.15) is 0 Å². The van der Waals surface area contributed by atoms with Crippen LogP contribution in [0.3, 0.4) is 0 Å². The highest BCUT2D eigenvalue weighted by atomic mass is 16.3. The maximum atomic E-state index is 11.6. The summed E-state index contributed by atoms with van der Waals surface area (Å²) in [7, 11) is 0. The Morgan fingerprint density at radius 1 is 1.41 bits per heavy atom. The molecule has 0 bridgehead atoms. The molecule has 1 aromatic carbocycles. The fraction of sp³-hybridized carbons (Fsp3) is 0.368. The van der Waals surface area contributed by atoms with E-state index in [1.807, 2.05) is 24.3 Å². The van der Waals surface area contributed by atoms with Crippen molar-refractivity contribution >= 4 is 22.3 Å². The van der Waals surface area contributed by atoms with Crippen molar-refractivity contribution in [3.63, 3.8) is 0 Å². The van der Waals surface area contributed by atoms with Crippen LogP contribution in [0.1, 0.15) is 43.9 Å². The summed E-state index contributed by atoms with van der Waals surface area (Å²) in [6.45, 7) is 1.57. The Morgan fingerprint density at radius 2 is 2.23 bits per heavy atom. The molecule has 3 heteroatoms. The van der Waals surface area contributed by atoms with Gasteiger partial charge in [-0.25, -0.2) is 4.98 Å². The number of ketones is 1. The van der Waals surface area contributed by atoms with Crippen LogP contribution < -0.4 is 0 Å². The molecule has 2 aliphatic rings. The molecule has 3 nitrogen and oxygen atoms in total. The number of benzene rings is 1. The highest BCUT2D eigenvalue weighted by Gasteiger charge is 2.48. The largest absolute Gasteiger partial charge is 0.385 e. The molecular formula is C19H19NO2. The Bertz CT molecular complexity index is 808. The summed E-state index contributed by atoms with van der Waals surface area (Å²) < 4.78 is 0. The molecule has 0 aliphatic heterocycles. The number of rotatable bonds is 1. The fourth-order valence-corrected chi connectivity index (χ4v) is 4.11. The second kappa shape index (κ2) is 4.75. The maximum Gasteiger partial charge on any atom is 0.152 e. The number of nitrogens with zero attached hydrogens (tertiary/aromatic N) is 1. The molecule has 22 heavy (non-hydrogen) atoms. The standard InChI is InChI=1S/C19H19NO2/c1-12(21)9-14-10-15-6-4-8-19(15,22)16-11-13-5-2-3-7-17(13)20-18(14)16/h2-3,5,7,9,11,15,22H,4,6,8,10H2,1H3/b14-9+. The molecule has 1 fully saturated rings. The number of pyridine rings is 1. The topological polar surface area (TPSA) is 50.2 Å². The molecule has 0 radical (unpaired) electrons. The van der Waals surface area contributed by atoms with Crippen LogP contribution in [0.2, 0.25) is 0 Å². The first kappa shape index (κ1) is 13.6. The first-order chi connectivity index (χ1) is 10.6. The number of aliphatic hydroxyl groups is 1. The molecule has 112 valence electrons. The summed E-state index contributed by atoms with van der Waals surface area (Å²) in [5.41, 5.74) is 2.84. The normalized spacial score (nSPS) is 28.6. The third-order valence-corrected chi connectivity index (χ3v) is 5.12. The number of hydrogen-bond acceptors (Lipinski definition) is 3. The molecule has 2 aromatic rings. The number of allylic oxidation sites excluding steroid dienone is 2. The maximum absolute atomic E-state index is 11.6. The Kier molecular flexibility index (Phi) is 2.95. The second-order valence-electron chi connectivity index (χ2n) is 6.57. The molecule has 2 atom stereocenters. The van der Waals surface area contributed by atoms with E-state index in [2.05, 4.69) is 6.07 Å². The zero-order valence-electron chi connectivity index (χ0n) is 12.7. The zero-order valence-corrected chi connectivity index (χ0v) is 12.7. The van der Waals surface area contributed by atoms with E-state index in [0.29, 0.717) is 0 Å². The average molecular weight is 293 g/mol. The minimum atomic E-state index is -0.777. The van der Waals surface area contributed by atoms with E-state index in [-0.39, 0.29) is 11.7 Å². The smallest absolute Gasteiger partial charge is 0.152 e. The number of carbonyl (C=O) groups excluding carboxylic acids is 1. The van der Waals surface area contributed by atoms with Crippen molar-refractivity contribution in [1.82, 2.24) is 4.98 Å². The van der Waals surface area contributed by atoms with Crippen LogP contribution >= 0.6 is 0 Å². The lowest BCUT2D eigenvalue weighted by atomic mass is 9.72. The lowest BCUT2D eigenvalue weighted by molar-refractivity contribution is -0.112. The molecule has 0 saturated heterocycles. The van der Waals surface area contributed by atoms with E-state index >= 15 is 0 Å². The minimum absolute atomic E-state index is 0.0411. The van der Waals surface area contributed by atoms with Crippen molar-refractivity contribution in [3.8, 4) is 0 Å². The third-order valence-electron chi connectivity index (χ3n) is 5.12. The molecule has 1 saturated carbocycles. The van der Waals surface area contributed by atoms with Crippen LogP contribution in [0, 0.1) is 5.92 Å². The molecule has 2 unspecified atom stereocenters. The van der Waals surface area contributed by atoms with E-state index in [1.54, 1.807) is 13.0 Å². The number of hydrogen-bond donors (Lipinski definition) is 1. The van der Waals surface area contributed by atoms with E-state index in [4.69, 9.17) is 4.98 Å². The second-order valence-corrected chi connectivity index (χ2v) is 6.57. The van der Waals surface area contributed by atoms with Gasteiger partial charge in [0.2, 0.25) is 0 Å². The Morgan fingerprint density at radius 3 is 3.05 bits per heavy atom. The molecule has 0 spiro atoms. The van der Waals surface area contributed by atoms with Gasteiger partial charge in [-0.1, -0.05) is 18.2 Å². The fourth-order valence-electron chi connectivity index (χ4n) is 4.11. The van der Waals surface area contributed by atoms with Gasteiger partial charge >= 0.3 is 0 Å². The first-order valence-electron chi connectivity index (χ1n) is 7.92. The van der Waals surface area contributed by atoms with Gasteiger partial charge in [-0.3, -0.25) is 4.79 Å². The Balaban J connectivity index is 2.02. The number of aromatic nitrogens is 1. The first-order valence-corrected chi connectivity index (χ1v) is 7.92. The minimum Gasteiger partial charge on any atom is -0.385 e. The van der Waals surface area contributed by atoms with Crippen LogP contribution in [-0.2, 0) is 10.4 Å². The lowest BCUT2D eigenvalue weighted by Gasteiger charge is -2.37. The van der Waals surface area contributed by atoms with Gasteiger partial charge in [0, 0.05) is 10.9 Å². The van der Waals surface area contributed by atoms with Crippen LogP contribution in [0.5, 0.6) is 0 Å². The van der Waals surface area contributed by atoms with Crippen LogP contribution in [0.4, 0.5) is 0 Å². The van der Waals surface area contributed by atoms with Gasteiger partial charge in [-0.15, -0.1) is 0 Å². The van der Waals surface area contributed by atoms with Gasteiger partial charge in [-0.2, -0.15) is 0 Å². The number of para-hydroxylation sites is 1. The Hall–Kier alpha value is -2.00.